The minimum Gasteiger partial charge on any atom is -0.375 e. The number of H-pyrrole nitrogens is 1. The van der Waals surface area contributed by atoms with Crippen LogP contribution in [0.3, 0.4) is 0 Å². The lowest BCUT2D eigenvalue weighted by Crippen LogP contribution is -2.44. The van der Waals surface area contributed by atoms with Gasteiger partial charge in [0.15, 0.2) is 5.65 Å². The molecule has 0 radical (unpaired) electrons. The Bertz CT molecular complexity index is 622. The van der Waals surface area contributed by atoms with Gasteiger partial charge in [-0.15, -0.1) is 0 Å². The van der Waals surface area contributed by atoms with Crippen LogP contribution in [0.25, 0.3) is 11.0 Å². The van der Waals surface area contributed by atoms with Gasteiger partial charge < -0.3 is 9.64 Å². The van der Waals surface area contributed by atoms with Crippen LogP contribution in [0, 0.1) is 6.92 Å². The fourth-order valence-corrected chi connectivity index (χ4v) is 2.32. The summed E-state index contributed by atoms with van der Waals surface area (Å²) in [5.74, 6) is 0.00477. The monoisotopic (exact) mass is 260 g/mol. The van der Waals surface area contributed by atoms with Gasteiger partial charge in [0.1, 0.15) is 0 Å². The van der Waals surface area contributed by atoms with Crippen molar-refractivity contribution in [2.24, 2.45) is 0 Å². The molecule has 0 aromatic carbocycles. The van der Waals surface area contributed by atoms with Crippen LogP contribution in [0.5, 0.6) is 0 Å². The molecule has 1 fully saturated rings. The summed E-state index contributed by atoms with van der Waals surface area (Å²) in [4.78, 5) is 18.4. The fraction of sp³-hybridized carbons (Fsp3) is 0.462. The molecule has 19 heavy (non-hydrogen) atoms. The Kier molecular flexibility index (Phi) is 2.94. The van der Waals surface area contributed by atoms with E-state index in [1.807, 2.05) is 24.8 Å². The predicted octanol–water partition coefficient (Wildman–Crippen LogP) is 1.13. The Morgan fingerprint density at radius 1 is 1.58 bits per heavy atom. The average molecular weight is 260 g/mol. The summed E-state index contributed by atoms with van der Waals surface area (Å²) in [7, 11) is 0. The maximum atomic E-state index is 12.4. The first-order valence-electron chi connectivity index (χ1n) is 6.37. The van der Waals surface area contributed by atoms with Crippen LogP contribution < -0.4 is 0 Å². The van der Waals surface area contributed by atoms with E-state index in [1.54, 1.807) is 6.20 Å². The number of rotatable bonds is 1. The first kappa shape index (κ1) is 12.1. The van der Waals surface area contributed by atoms with E-state index in [9.17, 15) is 4.79 Å². The van der Waals surface area contributed by atoms with Crippen molar-refractivity contribution in [2.75, 3.05) is 19.7 Å². The topological polar surface area (TPSA) is 71.1 Å². The first-order valence-corrected chi connectivity index (χ1v) is 6.37. The summed E-state index contributed by atoms with van der Waals surface area (Å²) >= 11 is 0. The minimum absolute atomic E-state index is 0.00477. The van der Waals surface area contributed by atoms with E-state index in [0.29, 0.717) is 30.9 Å². The number of hydrogen-bond donors (Lipinski definition) is 1. The third-order valence-corrected chi connectivity index (χ3v) is 3.38. The van der Waals surface area contributed by atoms with Gasteiger partial charge in [-0.2, -0.15) is 5.10 Å². The van der Waals surface area contributed by atoms with E-state index < -0.39 is 0 Å². The Hall–Kier alpha value is -1.95. The maximum Gasteiger partial charge on any atom is 0.255 e. The average Bonchev–Trinajstić information content (AvgIpc) is 2.79. The number of morpholine rings is 1. The molecule has 0 saturated carbocycles. The SMILES string of the molecule is Cc1[nH]nc2ncc(C(=O)N3CCOC(C)C3)cc12. The molecule has 1 saturated heterocycles. The molecule has 2 aromatic heterocycles. The molecule has 1 aliphatic heterocycles. The number of aryl methyl sites for hydroxylation is 1. The summed E-state index contributed by atoms with van der Waals surface area (Å²) < 4.78 is 5.45. The lowest BCUT2D eigenvalue weighted by atomic mass is 10.1. The zero-order valence-electron chi connectivity index (χ0n) is 11.0. The number of carbonyl (C=O) groups excluding carboxylic acids is 1. The lowest BCUT2D eigenvalue weighted by molar-refractivity contribution is -0.0124. The van der Waals surface area contributed by atoms with Crippen LogP contribution in [0.15, 0.2) is 12.3 Å². The number of pyridine rings is 1. The second-order valence-corrected chi connectivity index (χ2v) is 4.88. The summed E-state index contributed by atoms with van der Waals surface area (Å²) in [5.41, 5.74) is 2.17. The van der Waals surface area contributed by atoms with Gasteiger partial charge in [0, 0.05) is 30.4 Å². The predicted molar refractivity (Wildman–Crippen MR) is 69.9 cm³/mol. The maximum absolute atomic E-state index is 12.4. The highest BCUT2D eigenvalue weighted by atomic mass is 16.5. The van der Waals surface area contributed by atoms with Gasteiger partial charge in [-0.1, -0.05) is 0 Å². The van der Waals surface area contributed by atoms with Crippen LogP contribution in [-0.4, -0.2) is 51.8 Å². The van der Waals surface area contributed by atoms with Crippen LogP contribution >= 0.6 is 0 Å². The van der Waals surface area contributed by atoms with Gasteiger partial charge in [-0.05, 0) is 19.9 Å². The number of nitrogens with one attached hydrogen (secondary N) is 1. The van der Waals surface area contributed by atoms with Crippen molar-refractivity contribution in [2.45, 2.75) is 20.0 Å². The second-order valence-electron chi connectivity index (χ2n) is 4.88. The number of carbonyl (C=O) groups is 1. The molecule has 3 heterocycles. The summed E-state index contributed by atoms with van der Waals surface area (Å²) in [6.07, 6.45) is 1.68. The normalized spacial score (nSPS) is 19.9. The number of fused-ring (bicyclic) bond motifs is 1. The summed E-state index contributed by atoms with van der Waals surface area (Å²) in [6.45, 7) is 5.74. The van der Waals surface area contributed by atoms with Gasteiger partial charge in [-0.25, -0.2) is 4.98 Å². The van der Waals surface area contributed by atoms with Crippen molar-refractivity contribution in [3.05, 3.63) is 23.5 Å². The van der Waals surface area contributed by atoms with Crippen molar-refractivity contribution in [3.63, 3.8) is 0 Å². The molecule has 0 bridgehead atoms. The van der Waals surface area contributed by atoms with Gasteiger partial charge in [-0.3, -0.25) is 9.89 Å². The number of aromatic amines is 1. The van der Waals surface area contributed by atoms with Crippen molar-refractivity contribution in [1.82, 2.24) is 20.1 Å². The van der Waals surface area contributed by atoms with Crippen molar-refractivity contribution in [1.29, 1.82) is 0 Å². The van der Waals surface area contributed by atoms with E-state index in [2.05, 4.69) is 15.2 Å². The number of amides is 1. The van der Waals surface area contributed by atoms with E-state index in [0.717, 1.165) is 11.1 Å². The highest BCUT2D eigenvalue weighted by molar-refractivity contribution is 5.97. The van der Waals surface area contributed by atoms with Gasteiger partial charge in [0.25, 0.3) is 5.91 Å². The standard InChI is InChI=1S/C13H16N4O2/c1-8-7-17(3-4-19-8)13(18)10-5-11-9(2)15-16-12(11)14-6-10/h5-6,8H,3-4,7H2,1-2H3,(H,14,15,16). The molecule has 6 heteroatoms. The van der Waals surface area contributed by atoms with Crippen LogP contribution in [-0.2, 0) is 4.74 Å². The highest BCUT2D eigenvalue weighted by Gasteiger charge is 2.23. The molecular weight excluding hydrogens is 244 g/mol. The molecule has 0 spiro atoms. The number of hydrogen-bond acceptors (Lipinski definition) is 4. The van der Waals surface area contributed by atoms with E-state index in [-0.39, 0.29) is 12.0 Å². The van der Waals surface area contributed by atoms with Gasteiger partial charge in [0.2, 0.25) is 0 Å². The number of nitrogens with zero attached hydrogens (tertiary/aromatic N) is 3. The molecule has 1 atom stereocenters. The number of aromatic nitrogens is 3. The first-order chi connectivity index (χ1) is 9.15. The van der Waals surface area contributed by atoms with Crippen LogP contribution in [0.2, 0.25) is 0 Å². The molecular formula is C13H16N4O2. The minimum atomic E-state index is 0.00477. The number of ether oxygens (including phenoxy) is 1. The molecule has 6 nitrogen and oxygen atoms in total. The highest BCUT2D eigenvalue weighted by Crippen LogP contribution is 2.16. The quantitative estimate of drug-likeness (QED) is 0.834. The lowest BCUT2D eigenvalue weighted by Gasteiger charge is -2.31. The molecule has 1 unspecified atom stereocenters. The Balaban J connectivity index is 1.90. The smallest absolute Gasteiger partial charge is 0.255 e. The third kappa shape index (κ3) is 2.19. The van der Waals surface area contributed by atoms with Crippen molar-refractivity contribution in [3.8, 4) is 0 Å². The van der Waals surface area contributed by atoms with Crippen LogP contribution in [0.4, 0.5) is 0 Å². The van der Waals surface area contributed by atoms with Gasteiger partial charge in [0.05, 0.1) is 18.3 Å². The molecule has 0 aliphatic carbocycles. The molecule has 1 amide bonds. The Morgan fingerprint density at radius 3 is 3.21 bits per heavy atom. The zero-order valence-corrected chi connectivity index (χ0v) is 11.0. The second kappa shape index (κ2) is 4.62. The molecule has 1 N–H and O–H groups in total. The summed E-state index contributed by atoms with van der Waals surface area (Å²) in [6, 6.07) is 1.85. The molecule has 2 aromatic rings. The molecule has 100 valence electrons. The van der Waals surface area contributed by atoms with Crippen LogP contribution in [0.1, 0.15) is 23.0 Å². The Labute approximate surface area is 110 Å². The van der Waals surface area contributed by atoms with E-state index in [1.165, 1.54) is 0 Å². The molecule has 3 rings (SSSR count). The Morgan fingerprint density at radius 2 is 2.42 bits per heavy atom. The molecule has 1 aliphatic rings. The largest absolute Gasteiger partial charge is 0.375 e. The van der Waals surface area contributed by atoms with E-state index >= 15 is 0 Å². The third-order valence-electron chi connectivity index (χ3n) is 3.38. The van der Waals surface area contributed by atoms with Crippen molar-refractivity contribution >= 4 is 16.9 Å². The summed E-state index contributed by atoms with van der Waals surface area (Å²) in [5, 5.41) is 7.83. The fourth-order valence-electron chi connectivity index (χ4n) is 2.32. The van der Waals surface area contributed by atoms with E-state index in [4.69, 9.17) is 4.74 Å². The van der Waals surface area contributed by atoms with Crippen molar-refractivity contribution < 1.29 is 9.53 Å². The zero-order chi connectivity index (χ0) is 13.4. The van der Waals surface area contributed by atoms with Gasteiger partial charge >= 0.3 is 0 Å².